The number of methoxy groups -OCH3 is 1. The van der Waals surface area contributed by atoms with Crippen LogP contribution in [0.3, 0.4) is 0 Å². The first-order valence-corrected chi connectivity index (χ1v) is 10.1. The lowest BCUT2D eigenvalue weighted by Crippen LogP contribution is -2.30. The monoisotopic (exact) mass is 406 g/mol. The number of hydrogen-bond donors (Lipinski definition) is 0. The van der Waals surface area contributed by atoms with E-state index in [0.29, 0.717) is 23.1 Å². The Morgan fingerprint density at radius 2 is 1.86 bits per heavy atom. The first-order valence-electron chi connectivity index (χ1n) is 9.28. The molecule has 0 bridgehead atoms. The van der Waals surface area contributed by atoms with Gasteiger partial charge >= 0.3 is 0 Å². The van der Waals surface area contributed by atoms with Gasteiger partial charge in [-0.2, -0.15) is 0 Å². The number of rotatable bonds is 5. The van der Waals surface area contributed by atoms with Crippen molar-refractivity contribution in [3.63, 3.8) is 0 Å². The minimum absolute atomic E-state index is 0.187. The van der Waals surface area contributed by atoms with Gasteiger partial charge in [0.15, 0.2) is 5.13 Å². The highest BCUT2D eigenvalue weighted by Gasteiger charge is 2.27. The van der Waals surface area contributed by atoms with Gasteiger partial charge in [0.05, 0.1) is 23.9 Å². The van der Waals surface area contributed by atoms with Gasteiger partial charge in [-0.05, 0) is 30.5 Å². The number of anilines is 1. The molecule has 2 heterocycles. The molecule has 2 aromatic carbocycles. The Morgan fingerprint density at radius 1 is 1.14 bits per heavy atom. The third kappa shape index (κ3) is 3.61. The van der Waals surface area contributed by atoms with Crippen molar-refractivity contribution in [2.75, 3.05) is 12.0 Å². The SMILES string of the molecule is COc1nn(C)cc1C(=O)N(Cc1ccccc1)c1nc2c(C)ccc(C)c2s1. The summed E-state index contributed by atoms with van der Waals surface area (Å²) in [5.74, 6) is 0.122. The number of benzene rings is 2. The van der Waals surface area contributed by atoms with Crippen LogP contribution in [-0.2, 0) is 13.6 Å². The zero-order valence-electron chi connectivity index (χ0n) is 16.8. The maximum absolute atomic E-state index is 13.5. The predicted octanol–water partition coefficient (Wildman–Crippen LogP) is 4.50. The van der Waals surface area contributed by atoms with Gasteiger partial charge in [0.1, 0.15) is 5.56 Å². The van der Waals surface area contributed by atoms with Gasteiger partial charge in [0.25, 0.3) is 5.91 Å². The topological polar surface area (TPSA) is 60.3 Å². The lowest BCUT2D eigenvalue weighted by molar-refractivity contribution is 0.0982. The van der Waals surface area contributed by atoms with Crippen LogP contribution in [0.25, 0.3) is 10.2 Å². The van der Waals surface area contributed by atoms with Gasteiger partial charge in [-0.15, -0.1) is 5.10 Å². The molecule has 0 aliphatic carbocycles. The van der Waals surface area contributed by atoms with Crippen LogP contribution in [0.1, 0.15) is 27.0 Å². The Bertz CT molecular complexity index is 1140. The quantitative estimate of drug-likeness (QED) is 0.490. The highest BCUT2D eigenvalue weighted by atomic mass is 32.1. The minimum atomic E-state index is -0.187. The maximum Gasteiger partial charge on any atom is 0.267 e. The first kappa shape index (κ1) is 19.1. The van der Waals surface area contributed by atoms with Gasteiger partial charge in [-0.25, -0.2) is 4.98 Å². The molecule has 0 aliphatic heterocycles. The lowest BCUT2D eigenvalue weighted by Gasteiger charge is -2.19. The summed E-state index contributed by atoms with van der Waals surface area (Å²) in [6.45, 7) is 4.52. The van der Waals surface area contributed by atoms with E-state index >= 15 is 0 Å². The summed E-state index contributed by atoms with van der Waals surface area (Å²) in [4.78, 5) is 20.1. The second-order valence-electron chi connectivity index (χ2n) is 6.98. The molecule has 0 saturated carbocycles. The molecule has 0 saturated heterocycles. The molecular weight excluding hydrogens is 384 g/mol. The number of nitrogens with zero attached hydrogens (tertiary/aromatic N) is 4. The van der Waals surface area contributed by atoms with Crippen molar-refractivity contribution in [3.8, 4) is 5.88 Å². The standard InChI is InChI=1S/C22H22N4O2S/c1-14-10-11-15(2)19-18(14)23-22(29-19)26(12-16-8-6-5-7-9-16)21(27)17-13-25(3)24-20(17)28-4/h5-11,13H,12H2,1-4H3. The molecule has 2 aromatic heterocycles. The number of amides is 1. The van der Waals surface area contributed by atoms with Crippen molar-refractivity contribution >= 4 is 32.6 Å². The summed E-state index contributed by atoms with van der Waals surface area (Å²) in [5, 5.41) is 4.90. The smallest absolute Gasteiger partial charge is 0.267 e. The van der Waals surface area contributed by atoms with Crippen molar-refractivity contribution in [2.45, 2.75) is 20.4 Å². The molecule has 4 aromatic rings. The fourth-order valence-electron chi connectivity index (χ4n) is 3.27. The lowest BCUT2D eigenvalue weighted by atomic mass is 10.1. The number of aryl methyl sites for hydroxylation is 3. The van der Waals surface area contributed by atoms with E-state index in [0.717, 1.165) is 26.9 Å². The van der Waals surface area contributed by atoms with Gasteiger partial charge in [0.2, 0.25) is 5.88 Å². The van der Waals surface area contributed by atoms with E-state index in [1.165, 1.54) is 18.4 Å². The van der Waals surface area contributed by atoms with Crippen LogP contribution >= 0.6 is 11.3 Å². The average Bonchev–Trinajstić information content (AvgIpc) is 3.34. The number of ether oxygens (including phenoxy) is 1. The van der Waals surface area contributed by atoms with E-state index < -0.39 is 0 Å². The van der Waals surface area contributed by atoms with Crippen molar-refractivity contribution in [3.05, 3.63) is 70.9 Å². The molecule has 6 nitrogen and oxygen atoms in total. The molecule has 1 amide bonds. The van der Waals surface area contributed by atoms with E-state index in [1.807, 2.05) is 37.3 Å². The van der Waals surface area contributed by atoms with E-state index in [2.05, 4.69) is 24.2 Å². The first-order chi connectivity index (χ1) is 14.0. The van der Waals surface area contributed by atoms with E-state index in [9.17, 15) is 4.79 Å². The predicted molar refractivity (Wildman–Crippen MR) is 116 cm³/mol. The Labute approximate surface area is 173 Å². The summed E-state index contributed by atoms with van der Waals surface area (Å²) < 4.78 is 8.01. The number of hydrogen-bond acceptors (Lipinski definition) is 5. The molecule has 0 N–H and O–H groups in total. The average molecular weight is 407 g/mol. The van der Waals surface area contributed by atoms with Gasteiger partial charge in [-0.3, -0.25) is 14.4 Å². The summed E-state index contributed by atoms with van der Waals surface area (Å²) >= 11 is 1.53. The molecule has 0 atom stereocenters. The molecule has 148 valence electrons. The number of carbonyl (C=O) groups is 1. The third-order valence-corrected chi connectivity index (χ3v) is 6.02. The van der Waals surface area contributed by atoms with Crippen LogP contribution in [-0.4, -0.2) is 27.8 Å². The van der Waals surface area contributed by atoms with Gasteiger partial charge in [0, 0.05) is 13.2 Å². The normalized spacial score (nSPS) is 11.0. The zero-order chi connectivity index (χ0) is 20.5. The second kappa shape index (κ2) is 7.67. The largest absolute Gasteiger partial charge is 0.479 e. The Balaban J connectivity index is 1.83. The second-order valence-corrected chi connectivity index (χ2v) is 7.95. The molecular formula is C22H22N4O2S. The molecule has 0 spiro atoms. The van der Waals surface area contributed by atoms with Gasteiger partial charge < -0.3 is 4.74 Å². The fourth-order valence-corrected chi connectivity index (χ4v) is 4.38. The molecule has 4 rings (SSSR count). The summed E-state index contributed by atoms with van der Waals surface area (Å²) in [6.07, 6.45) is 1.68. The Kier molecular flexibility index (Phi) is 5.07. The van der Waals surface area contributed by atoms with Crippen LogP contribution in [0, 0.1) is 13.8 Å². The number of thiazole rings is 1. The molecule has 0 radical (unpaired) electrons. The van der Waals surface area contributed by atoms with Crippen LogP contribution in [0.15, 0.2) is 48.7 Å². The van der Waals surface area contributed by atoms with Crippen LogP contribution in [0.5, 0.6) is 5.88 Å². The number of fused-ring (bicyclic) bond motifs is 1. The Hall–Kier alpha value is -3.19. The third-order valence-electron chi connectivity index (χ3n) is 4.81. The molecule has 29 heavy (non-hydrogen) atoms. The molecule has 0 unspecified atom stereocenters. The molecule has 0 aliphatic rings. The van der Waals surface area contributed by atoms with Crippen LogP contribution < -0.4 is 9.64 Å². The van der Waals surface area contributed by atoms with E-state index in [-0.39, 0.29) is 5.91 Å². The summed E-state index contributed by atoms with van der Waals surface area (Å²) in [7, 11) is 3.29. The summed E-state index contributed by atoms with van der Waals surface area (Å²) in [6, 6.07) is 14.1. The van der Waals surface area contributed by atoms with Gasteiger partial charge in [-0.1, -0.05) is 53.8 Å². The van der Waals surface area contributed by atoms with Crippen molar-refractivity contribution in [1.82, 2.24) is 14.8 Å². The number of aromatic nitrogens is 3. The Morgan fingerprint density at radius 3 is 2.55 bits per heavy atom. The minimum Gasteiger partial charge on any atom is -0.479 e. The van der Waals surface area contributed by atoms with Crippen LogP contribution in [0.2, 0.25) is 0 Å². The fraction of sp³-hybridized carbons (Fsp3) is 0.227. The molecule has 0 fully saturated rings. The van der Waals surface area contributed by atoms with E-state index in [1.54, 1.807) is 22.8 Å². The van der Waals surface area contributed by atoms with E-state index in [4.69, 9.17) is 9.72 Å². The highest BCUT2D eigenvalue weighted by molar-refractivity contribution is 7.22. The molecule has 7 heteroatoms. The van der Waals surface area contributed by atoms with Crippen molar-refractivity contribution < 1.29 is 9.53 Å². The van der Waals surface area contributed by atoms with Crippen molar-refractivity contribution in [1.29, 1.82) is 0 Å². The summed E-state index contributed by atoms with van der Waals surface area (Å²) in [5.41, 5.74) is 4.63. The maximum atomic E-state index is 13.5. The zero-order valence-corrected chi connectivity index (χ0v) is 17.7. The van der Waals surface area contributed by atoms with Crippen molar-refractivity contribution in [2.24, 2.45) is 7.05 Å². The highest BCUT2D eigenvalue weighted by Crippen LogP contribution is 2.35. The van der Waals surface area contributed by atoms with Crippen LogP contribution in [0.4, 0.5) is 5.13 Å². The number of carbonyl (C=O) groups excluding carboxylic acids is 1.